The van der Waals surface area contributed by atoms with Crippen molar-refractivity contribution in [3.63, 3.8) is 0 Å². The van der Waals surface area contributed by atoms with Crippen LogP contribution in [0.4, 0.5) is 0 Å². The Labute approximate surface area is 129 Å². The standard InChI is InChI=1S/C13H20ClN3O3S/c1-17(2)13(5-3-4-6-13)9-16-21(19,20)10-7-11(14)12(18)15-8-10/h7-8,16H,3-6,9H2,1-2H3,(H,15,18). The molecule has 0 radical (unpaired) electrons. The highest BCUT2D eigenvalue weighted by molar-refractivity contribution is 7.89. The average molecular weight is 334 g/mol. The number of nitrogens with zero attached hydrogens (tertiary/aromatic N) is 1. The number of hydrogen-bond donors (Lipinski definition) is 2. The summed E-state index contributed by atoms with van der Waals surface area (Å²) in [6, 6.07) is 1.17. The number of rotatable bonds is 5. The molecule has 1 heterocycles. The first-order valence-corrected chi connectivity index (χ1v) is 8.68. The van der Waals surface area contributed by atoms with Crippen LogP contribution in [-0.2, 0) is 10.0 Å². The molecule has 0 amide bonds. The molecule has 21 heavy (non-hydrogen) atoms. The van der Waals surface area contributed by atoms with Crippen LogP contribution in [0.15, 0.2) is 22.0 Å². The number of H-pyrrole nitrogens is 1. The summed E-state index contributed by atoms with van der Waals surface area (Å²) < 4.78 is 27.2. The predicted molar refractivity (Wildman–Crippen MR) is 82.1 cm³/mol. The molecular formula is C13H20ClN3O3S. The third-order valence-electron chi connectivity index (χ3n) is 4.22. The van der Waals surface area contributed by atoms with Crippen molar-refractivity contribution in [2.45, 2.75) is 36.1 Å². The zero-order chi connectivity index (χ0) is 15.7. The Morgan fingerprint density at radius 3 is 2.52 bits per heavy atom. The van der Waals surface area contributed by atoms with Crippen LogP contribution in [0.25, 0.3) is 0 Å². The minimum atomic E-state index is -3.69. The van der Waals surface area contributed by atoms with Crippen molar-refractivity contribution in [2.75, 3.05) is 20.6 Å². The van der Waals surface area contributed by atoms with Gasteiger partial charge in [0.25, 0.3) is 5.56 Å². The number of likely N-dealkylation sites (N-methyl/N-ethyl adjacent to an activating group) is 1. The van der Waals surface area contributed by atoms with Crippen LogP contribution in [-0.4, -0.2) is 44.5 Å². The molecule has 2 rings (SSSR count). The summed E-state index contributed by atoms with van der Waals surface area (Å²) in [7, 11) is 0.248. The van der Waals surface area contributed by atoms with Gasteiger partial charge in [-0.15, -0.1) is 0 Å². The number of sulfonamides is 1. The summed E-state index contributed by atoms with van der Waals surface area (Å²) in [5.74, 6) is 0. The molecule has 1 saturated carbocycles. The second-order valence-corrected chi connectivity index (χ2v) is 7.84. The number of hydrogen-bond acceptors (Lipinski definition) is 4. The summed E-state index contributed by atoms with van der Waals surface area (Å²) >= 11 is 5.68. The van der Waals surface area contributed by atoms with E-state index in [2.05, 4.69) is 14.6 Å². The van der Waals surface area contributed by atoms with Gasteiger partial charge in [0, 0.05) is 18.3 Å². The van der Waals surface area contributed by atoms with E-state index in [-0.39, 0.29) is 15.5 Å². The molecule has 0 spiro atoms. The van der Waals surface area contributed by atoms with Gasteiger partial charge in [-0.1, -0.05) is 24.4 Å². The highest BCUT2D eigenvalue weighted by Crippen LogP contribution is 2.33. The molecule has 0 atom stereocenters. The first-order chi connectivity index (χ1) is 9.77. The van der Waals surface area contributed by atoms with Gasteiger partial charge in [-0.05, 0) is 33.0 Å². The second kappa shape index (κ2) is 6.08. The highest BCUT2D eigenvalue weighted by atomic mass is 35.5. The van der Waals surface area contributed by atoms with E-state index in [9.17, 15) is 13.2 Å². The van der Waals surface area contributed by atoms with Crippen molar-refractivity contribution in [2.24, 2.45) is 0 Å². The van der Waals surface area contributed by atoms with Crippen LogP contribution in [0.5, 0.6) is 0 Å². The second-order valence-electron chi connectivity index (χ2n) is 5.66. The molecule has 0 unspecified atom stereocenters. The molecule has 1 aromatic heterocycles. The maximum Gasteiger partial charge on any atom is 0.266 e. The van der Waals surface area contributed by atoms with Gasteiger partial charge < -0.3 is 9.88 Å². The highest BCUT2D eigenvalue weighted by Gasteiger charge is 2.37. The quantitative estimate of drug-likeness (QED) is 0.847. The average Bonchev–Trinajstić information content (AvgIpc) is 2.90. The van der Waals surface area contributed by atoms with Gasteiger partial charge in [-0.2, -0.15) is 0 Å². The van der Waals surface area contributed by atoms with E-state index in [4.69, 9.17) is 11.6 Å². The summed E-state index contributed by atoms with van der Waals surface area (Å²) in [4.78, 5) is 15.6. The van der Waals surface area contributed by atoms with Crippen LogP contribution < -0.4 is 10.3 Å². The molecule has 1 aliphatic rings. The number of halogens is 1. The summed E-state index contributed by atoms with van der Waals surface area (Å²) in [5.41, 5.74) is -0.643. The van der Waals surface area contributed by atoms with E-state index in [1.165, 1.54) is 6.07 Å². The van der Waals surface area contributed by atoms with Gasteiger partial charge >= 0.3 is 0 Å². The minimum absolute atomic E-state index is 0.0287. The van der Waals surface area contributed by atoms with Crippen LogP contribution >= 0.6 is 11.6 Å². The van der Waals surface area contributed by atoms with Gasteiger partial charge in [0.2, 0.25) is 10.0 Å². The first-order valence-electron chi connectivity index (χ1n) is 6.82. The van der Waals surface area contributed by atoms with Crippen LogP contribution in [0, 0.1) is 0 Å². The Balaban J connectivity index is 2.17. The Hall–Kier alpha value is -0.890. The molecule has 1 fully saturated rings. The number of nitrogens with one attached hydrogen (secondary N) is 2. The summed E-state index contributed by atoms with van der Waals surface area (Å²) in [6.45, 7) is 0.346. The number of aromatic amines is 1. The van der Waals surface area contributed by atoms with Gasteiger partial charge in [-0.3, -0.25) is 4.79 Å². The normalized spacial score (nSPS) is 18.3. The molecule has 0 aliphatic heterocycles. The molecule has 0 aromatic carbocycles. The Morgan fingerprint density at radius 2 is 2.00 bits per heavy atom. The lowest BCUT2D eigenvalue weighted by Crippen LogP contribution is -2.50. The zero-order valence-corrected chi connectivity index (χ0v) is 13.7. The van der Waals surface area contributed by atoms with E-state index in [1.54, 1.807) is 0 Å². The Morgan fingerprint density at radius 1 is 1.38 bits per heavy atom. The van der Waals surface area contributed by atoms with Crippen molar-refractivity contribution in [1.29, 1.82) is 0 Å². The topological polar surface area (TPSA) is 82.3 Å². The monoisotopic (exact) mass is 333 g/mol. The molecular weight excluding hydrogens is 314 g/mol. The lowest BCUT2D eigenvalue weighted by molar-refractivity contribution is 0.162. The van der Waals surface area contributed by atoms with Crippen LogP contribution in [0.3, 0.4) is 0 Å². The van der Waals surface area contributed by atoms with Gasteiger partial charge in [0.05, 0.1) is 4.90 Å². The predicted octanol–water partition coefficient (Wildman–Crippen LogP) is 1.18. The molecule has 8 heteroatoms. The SMILES string of the molecule is CN(C)C1(CNS(=O)(=O)c2c[nH]c(=O)c(Cl)c2)CCCC1. The zero-order valence-electron chi connectivity index (χ0n) is 12.1. The largest absolute Gasteiger partial charge is 0.326 e. The Bertz CT molecular complexity index is 663. The maximum absolute atomic E-state index is 12.3. The minimum Gasteiger partial charge on any atom is -0.326 e. The van der Waals surface area contributed by atoms with E-state index < -0.39 is 15.6 Å². The van der Waals surface area contributed by atoms with E-state index in [0.29, 0.717) is 6.54 Å². The van der Waals surface area contributed by atoms with Crippen molar-refractivity contribution in [3.05, 3.63) is 27.6 Å². The van der Waals surface area contributed by atoms with E-state index in [0.717, 1.165) is 31.9 Å². The fraction of sp³-hybridized carbons (Fsp3) is 0.615. The van der Waals surface area contributed by atoms with Crippen molar-refractivity contribution in [1.82, 2.24) is 14.6 Å². The molecule has 1 aromatic rings. The third kappa shape index (κ3) is 3.48. The number of aromatic nitrogens is 1. The fourth-order valence-corrected chi connectivity index (χ4v) is 4.07. The van der Waals surface area contributed by atoms with Crippen molar-refractivity contribution in [3.8, 4) is 0 Å². The molecule has 118 valence electrons. The summed E-state index contributed by atoms with van der Waals surface area (Å²) in [5, 5.41) is -0.138. The van der Waals surface area contributed by atoms with E-state index >= 15 is 0 Å². The fourth-order valence-electron chi connectivity index (χ4n) is 2.72. The van der Waals surface area contributed by atoms with Crippen molar-refractivity contribution < 1.29 is 8.42 Å². The summed E-state index contributed by atoms with van der Waals surface area (Å²) in [6.07, 6.45) is 5.30. The maximum atomic E-state index is 12.3. The van der Waals surface area contributed by atoms with E-state index in [1.807, 2.05) is 14.1 Å². The first kappa shape index (κ1) is 16.5. The van der Waals surface area contributed by atoms with Gasteiger partial charge in [0.15, 0.2) is 0 Å². The molecule has 0 bridgehead atoms. The molecule has 0 saturated heterocycles. The lowest BCUT2D eigenvalue weighted by atomic mass is 9.97. The van der Waals surface area contributed by atoms with Crippen LogP contribution in [0.2, 0.25) is 5.02 Å². The molecule has 1 aliphatic carbocycles. The smallest absolute Gasteiger partial charge is 0.266 e. The Kier molecular flexibility index (Phi) is 4.77. The van der Waals surface area contributed by atoms with Crippen LogP contribution in [0.1, 0.15) is 25.7 Å². The molecule has 2 N–H and O–H groups in total. The lowest BCUT2D eigenvalue weighted by Gasteiger charge is -2.36. The third-order valence-corrected chi connectivity index (χ3v) is 5.88. The van der Waals surface area contributed by atoms with Crippen molar-refractivity contribution >= 4 is 21.6 Å². The number of pyridine rings is 1. The van der Waals surface area contributed by atoms with Gasteiger partial charge in [-0.25, -0.2) is 13.1 Å². The molecule has 6 nitrogen and oxygen atoms in total. The van der Waals surface area contributed by atoms with Gasteiger partial charge in [0.1, 0.15) is 5.02 Å².